The quantitative estimate of drug-likeness (QED) is 0.174. The Morgan fingerprint density at radius 1 is 0.393 bits per heavy atom. The first-order valence-electron chi connectivity index (χ1n) is 22.2. The summed E-state index contributed by atoms with van der Waals surface area (Å²) in [5, 5.41) is 4.95. The molecule has 0 aliphatic heterocycles. The lowest BCUT2D eigenvalue weighted by atomic mass is 9.49. The highest BCUT2D eigenvalue weighted by molar-refractivity contribution is 5.96. The predicted octanol–water partition coefficient (Wildman–Crippen LogP) is 14.9. The summed E-state index contributed by atoms with van der Waals surface area (Å²) in [6.07, 6.45) is 5.34. The van der Waals surface area contributed by atoms with Crippen molar-refractivity contribution in [1.82, 2.24) is 15.0 Å². The molecule has 0 N–H and O–H groups in total. The van der Waals surface area contributed by atoms with Crippen molar-refractivity contribution in [3.8, 4) is 67.5 Å². The Bertz CT molecular complexity index is 3140. The maximum Gasteiger partial charge on any atom is 0.164 e. The molecule has 294 valence electrons. The van der Waals surface area contributed by atoms with Gasteiger partial charge in [-0.1, -0.05) is 166 Å². The summed E-state index contributed by atoms with van der Waals surface area (Å²) >= 11 is 0. The Kier molecular flexibility index (Phi) is 8.42. The highest BCUT2D eigenvalue weighted by Gasteiger charge is 2.56. The molecular formula is C58H47N3. The van der Waals surface area contributed by atoms with Gasteiger partial charge in [-0.3, -0.25) is 0 Å². The van der Waals surface area contributed by atoms with Gasteiger partial charge in [0.15, 0.2) is 17.5 Å². The normalized spacial score (nSPS) is 21.4. The van der Waals surface area contributed by atoms with Crippen molar-refractivity contribution < 1.29 is 0 Å². The Hall–Kier alpha value is -6.71. The molecule has 0 amide bonds. The molecule has 12 rings (SSSR count). The fourth-order valence-corrected chi connectivity index (χ4v) is 12.1. The van der Waals surface area contributed by atoms with Crippen molar-refractivity contribution in [1.29, 1.82) is 0 Å². The third-order valence-corrected chi connectivity index (χ3v) is 14.6. The van der Waals surface area contributed by atoms with Crippen LogP contribution in [0.15, 0.2) is 176 Å². The fourth-order valence-electron chi connectivity index (χ4n) is 12.1. The summed E-state index contributed by atoms with van der Waals surface area (Å²) in [4.78, 5) is 15.6. The lowest BCUT2D eigenvalue weighted by Gasteiger charge is -2.54. The molecule has 61 heavy (non-hydrogen) atoms. The van der Waals surface area contributed by atoms with Crippen LogP contribution in [-0.2, 0) is 5.41 Å². The van der Waals surface area contributed by atoms with Crippen LogP contribution in [0.25, 0.3) is 89.1 Å². The van der Waals surface area contributed by atoms with E-state index in [1.807, 2.05) is 0 Å². The first-order valence-corrected chi connectivity index (χ1v) is 22.2. The van der Waals surface area contributed by atoms with Crippen LogP contribution in [-0.4, -0.2) is 15.0 Å². The molecule has 3 aliphatic carbocycles. The number of rotatable bonds is 5. The summed E-state index contributed by atoms with van der Waals surface area (Å²) in [6, 6.07) is 64.1. The SMILES string of the molecule is CC1CC2CC(C)C3(c4ccc(-c5cccc(-c6nc(-c7ccc(-c8ccccc8)cc7)nc(-c7cccc8ccccc78)n6)c5)cc4-c4cc5ccccc5cc43)C(C1)C2. The van der Waals surface area contributed by atoms with E-state index >= 15 is 0 Å². The fraction of sp³-hybridized carbons (Fsp3) is 0.190. The van der Waals surface area contributed by atoms with Crippen LogP contribution >= 0.6 is 0 Å². The number of hydrogen-bond acceptors (Lipinski definition) is 3. The van der Waals surface area contributed by atoms with Gasteiger partial charge >= 0.3 is 0 Å². The van der Waals surface area contributed by atoms with E-state index in [0.29, 0.717) is 29.3 Å². The third kappa shape index (κ3) is 5.89. The van der Waals surface area contributed by atoms with Gasteiger partial charge in [0.05, 0.1) is 0 Å². The van der Waals surface area contributed by atoms with Gasteiger partial charge in [0, 0.05) is 22.1 Å². The second kappa shape index (κ2) is 14.2. The molecule has 2 bridgehead atoms. The number of aromatic nitrogens is 3. The van der Waals surface area contributed by atoms with Crippen LogP contribution in [0.5, 0.6) is 0 Å². The topological polar surface area (TPSA) is 38.7 Å². The van der Waals surface area contributed by atoms with Gasteiger partial charge in [-0.2, -0.15) is 0 Å². The average molecular weight is 786 g/mol. The van der Waals surface area contributed by atoms with E-state index in [1.54, 1.807) is 11.1 Å². The van der Waals surface area contributed by atoms with E-state index in [2.05, 4.69) is 190 Å². The molecule has 9 aromatic rings. The summed E-state index contributed by atoms with van der Waals surface area (Å²) in [7, 11) is 0. The largest absolute Gasteiger partial charge is 0.208 e. The molecule has 3 nitrogen and oxygen atoms in total. The van der Waals surface area contributed by atoms with Crippen molar-refractivity contribution in [3.63, 3.8) is 0 Å². The van der Waals surface area contributed by atoms with Gasteiger partial charge in [-0.25, -0.2) is 15.0 Å². The zero-order valence-electron chi connectivity index (χ0n) is 34.7. The van der Waals surface area contributed by atoms with Crippen molar-refractivity contribution in [3.05, 3.63) is 187 Å². The number of nitrogens with zero attached hydrogens (tertiary/aromatic N) is 3. The minimum atomic E-state index is 0.0405. The van der Waals surface area contributed by atoms with Crippen molar-refractivity contribution in [2.45, 2.75) is 44.9 Å². The Balaban J connectivity index is 0.992. The molecule has 0 radical (unpaired) electrons. The van der Waals surface area contributed by atoms with Gasteiger partial charge in [0.25, 0.3) is 0 Å². The Morgan fingerprint density at radius 2 is 0.984 bits per heavy atom. The zero-order chi connectivity index (χ0) is 40.7. The highest BCUT2D eigenvalue weighted by atomic mass is 15.0. The highest BCUT2D eigenvalue weighted by Crippen LogP contribution is 2.65. The Labute approximate surface area is 358 Å². The molecule has 5 unspecified atom stereocenters. The molecule has 3 heteroatoms. The summed E-state index contributed by atoms with van der Waals surface area (Å²) in [6.45, 7) is 5.06. The third-order valence-electron chi connectivity index (χ3n) is 14.6. The van der Waals surface area contributed by atoms with Gasteiger partial charge in [0.2, 0.25) is 0 Å². The first kappa shape index (κ1) is 36.2. The molecule has 1 aromatic heterocycles. The molecular weight excluding hydrogens is 739 g/mol. The second-order valence-corrected chi connectivity index (χ2v) is 18.2. The molecule has 8 aromatic carbocycles. The van der Waals surface area contributed by atoms with Gasteiger partial charge in [-0.05, 0) is 140 Å². The molecule has 5 atom stereocenters. The molecule has 3 aliphatic rings. The molecule has 0 saturated heterocycles. The van der Waals surface area contributed by atoms with E-state index in [4.69, 9.17) is 15.0 Å². The lowest BCUT2D eigenvalue weighted by Crippen LogP contribution is -2.49. The van der Waals surface area contributed by atoms with Crippen LogP contribution < -0.4 is 0 Å². The smallest absolute Gasteiger partial charge is 0.164 e. The van der Waals surface area contributed by atoms with E-state index in [9.17, 15) is 0 Å². The van der Waals surface area contributed by atoms with Crippen molar-refractivity contribution in [2.75, 3.05) is 0 Å². The first-order chi connectivity index (χ1) is 30.0. The minimum absolute atomic E-state index is 0.0405. The predicted molar refractivity (Wildman–Crippen MR) is 252 cm³/mol. The Morgan fingerprint density at radius 3 is 1.82 bits per heavy atom. The maximum atomic E-state index is 5.24. The second-order valence-electron chi connectivity index (χ2n) is 18.2. The summed E-state index contributed by atoms with van der Waals surface area (Å²) in [5.74, 6) is 4.85. The number of benzene rings is 8. The minimum Gasteiger partial charge on any atom is -0.208 e. The molecule has 2 saturated carbocycles. The lowest BCUT2D eigenvalue weighted by molar-refractivity contribution is 0.0427. The van der Waals surface area contributed by atoms with Gasteiger partial charge in [0.1, 0.15) is 0 Å². The van der Waals surface area contributed by atoms with Crippen LogP contribution in [0.4, 0.5) is 0 Å². The van der Waals surface area contributed by atoms with E-state index in [1.165, 1.54) is 58.7 Å². The summed E-state index contributed by atoms with van der Waals surface area (Å²) < 4.78 is 0. The van der Waals surface area contributed by atoms with Gasteiger partial charge < -0.3 is 0 Å². The van der Waals surface area contributed by atoms with Gasteiger partial charge in [-0.15, -0.1) is 0 Å². The van der Waals surface area contributed by atoms with E-state index in [0.717, 1.165) is 50.4 Å². The average Bonchev–Trinajstić information content (AvgIpc) is 3.59. The number of hydrogen-bond donors (Lipinski definition) is 0. The van der Waals surface area contributed by atoms with Crippen molar-refractivity contribution >= 4 is 21.5 Å². The monoisotopic (exact) mass is 785 g/mol. The molecule has 1 heterocycles. The zero-order valence-corrected chi connectivity index (χ0v) is 34.7. The van der Waals surface area contributed by atoms with E-state index < -0.39 is 0 Å². The maximum absolute atomic E-state index is 5.24. The van der Waals surface area contributed by atoms with Crippen LogP contribution in [0.3, 0.4) is 0 Å². The van der Waals surface area contributed by atoms with E-state index in [-0.39, 0.29) is 5.41 Å². The summed E-state index contributed by atoms with van der Waals surface area (Å²) in [5.41, 5.74) is 13.6. The number of fused-ring (bicyclic) bond motifs is 10. The standard InChI is InChI=1S/C58H47N3/c1-36-28-38-30-37(2)58(48(29-36)31-38)53-27-26-46(34-51(53)52-33-44-15-6-7-16-45(44)35-54(52)58)43-18-10-19-47(32-43)56-59-55(42-24-22-40(23-25-42)39-12-4-3-5-13-39)60-57(61-56)50-21-11-17-41-14-8-9-20-49(41)50/h3-27,32-38,48H,28-31H2,1-2H3. The van der Waals surface area contributed by atoms with Crippen LogP contribution in [0.1, 0.15) is 50.7 Å². The molecule has 2 fully saturated rings. The van der Waals surface area contributed by atoms with Crippen LogP contribution in [0, 0.1) is 23.7 Å². The van der Waals surface area contributed by atoms with Crippen LogP contribution in [0.2, 0.25) is 0 Å². The van der Waals surface area contributed by atoms with Crippen molar-refractivity contribution in [2.24, 2.45) is 23.7 Å². The molecule has 1 spiro atoms.